The standard InChI is InChI=1S/C22H23N3O2/c1-25(14-11-19-5-2-3-12-23-19)15-17-7-9-18(10-8-17)21-16-26-20-6-4-13-24-22(20)27-21/h2-10,12-13,21H,11,14-16H2,1H3/t21-/m1/s1. The molecule has 1 atom stereocenters. The van der Waals surface area contributed by atoms with Gasteiger partial charge in [-0.25, -0.2) is 4.98 Å². The van der Waals surface area contributed by atoms with E-state index in [1.165, 1.54) is 5.56 Å². The van der Waals surface area contributed by atoms with Gasteiger partial charge in [0.25, 0.3) is 5.88 Å². The van der Waals surface area contributed by atoms with Gasteiger partial charge in [-0.3, -0.25) is 4.98 Å². The average Bonchev–Trinajstić information content (AvgIpc) is 2.73. The predicted molar refractivity (Wildman–Crippen MR) is 104 cm³/mol. The van der Waals surface area contributed by atoms with Crippen molar-refractivity contribution in [1.82, 2.24) is 14.9 Å². The number of hydrogen-bond donors (Lipinski definition) is 0. The lowest BCUT2D eigenvalue weighted by Crippen LogP contribution is -2.23. The number of pyridine rings is 2. The molecular formula is C22H23N3O2. The van der Waals surface area contributed by atoms with Crippen LogP contribution in [0.3, 0.4) is 0 Å². The van der Waals surface area contributed by atoms with Crippen LogP contribution in [0.15, 0.2) is 67.0 Å². The van der Waals surface area contributed by atoms with Crippen LogP contribution in [0.25, 0.3) is 0 Å². The fraction of sp³-hybridized carbons (Fsp3) is 0.273. The monoisotopic (exact) mass is 361 g/mol. The van der Waals surface area contributed by atoms with E-state index in [1.54, 1.807) is 6.20 Å². The zero-order chi connectivity index (χ0) is 18.5. The molecule has 138 valence electrons. The summed E-state index contributed by atoms with van der Waals surface area (Å²) in [6, 6.07) is 18.3. The molecule has 0 spiro atoms. The minimum absolute atomic E-state index is 0.122. The summed E-state index contributed by atoms with van der Waals surface area (Å²) in [6.45, 7) is 2.38. The van der Waals surface area contributed by atoms with E-state index >= 15 is 0 Å². The lowest BCUT2D eigenvalue weighted by molar-refractivity contribution is 0.0851. The van der Waals surface area contributed by atoms with Gasteiger partial charge in [0.05, 0.1) is 0 Å². The number of rotatable bonds is 6. The third-order valence-electron chi connectivity index (χ3n) is 4.66. The van der Waals surface area contributed by atoms with Gasteiger partial charge in [0.15, 0.2) is 11.9 Å². The van der Waals surface area contributed by atoms with Gasteiger partial charge < -0.3 is 14.4 Å². The maximum absolute atomic E-state index is 5.97. The summed E-state index contributed by atoms with van der Waals surface area (Å²) < 4.78 is 11.7. The van der Waals surface area contributed by atoms with Crippen molar-refractivity contribution in [3.05, 3.63) is 83.8 Å². The summed E-state index contributed by atoms with van der Waals surface area (Å²) in [4.78, 5) is 10.9. The van der Waals surface area contributed by atoms with Crippen molar-refractivity contribution in [1.29, 1.82) is 0 Å². The van der Waals surface area contributed by atoms with Gasteiger partial charge in [-0.15, -0.1) is 0 Å². The van der Waals surface area contributed by atoms with Crippen LogP contribution in [-0.2, 0) is 13.0 Å². The van der Waals surface area contributed by atoms with E-state index in [4.69, 9.17) is 9.47 Å². The Hall–Kier alpha value is -2.92. The van der Waals surface area contributed by atoms with Crippen molar-refractivity contribution in [2.75, 3.05) is 20.2 Å². The molecule has 1 aromatic carbocycles. The second-order valence-corrected chi connectivity index (χ2v) is 6.77. The number of aromatic nitrogens is 2. The molecule has 0 saturated heterocycles. The number of likely N-dealkylation sites (N-methyl/N-ethyl adjacent to an activating group) is 1. The van der Waals surface area contributed by atoms with Crippen LogP contribution < -0.4 is 9.47 Å². The van der Waals surface area contributed by atoms with Crippen LogP contribution in [0.4, 0.5) is 0 Å². The van der Waals surface area contributed by atoms with Gasteiger partial charge in [0.2, 0.25) is 0 Å². The third-order valence-corrected chi connectivity index (χ3v) is 4.66. The maximum atomic E-state index is 5.97. The van der Waals surface area contributed by atoms with E-state index in [9.17, 15) is 0 Å². The van der Waals surface area contributed by atoms with Gasteiger partial charge in [0.1, 0.15) is 6.61 Å². The lowest BCUT2D eigenvalue weighted by Gasteiger charge is -2.25. The summed E-state index contributed by atoms with van der Waals surface area (Å²) in [6.07, 6.45) is 4.39. The van der Waals surface area contributed by atoms with Gasteiger partial charge >= 0.3 is 0 Å². The Morgan fingerprint density at radius 1 is 1.00 bits per heavy atom. The summed E-state index contributed by atoms with van der Waals surface area (Å²) in [7, 11) is 2.14. The number of ether oxygens (including phenoxy) is 2. The van der Waals surface area contributed by atoms with E-state index in [-0.39, 0.29) is 6.10 Å². The normalized spacial score (nSPS) is 15.7. The second kappa shape index (κ2) is 8.18. The van der Waals surface area contributed by atoms with Crippen LogP contribution in [0.2, 0.25) is 0 Å². The van der Waals surface area contributed by atoms with E-state index in [0.29, 0.717) is 18.2 Å². The molecular weight excluding hydrogens is 338 g/mol. The molecule has 0 saturated carbocycles. The molecule has 0 aliphatic carbocycles. The largest absolute Gasteiger partial charge is 0.484 e. The van der Waals surface area contributed by atoms with Gasteiger partial charge in [-0.1, -0.05) is 30.3 Å². The minimum atomic E-state index is -0.122. The van der Waals surface area contributed by atoms with Crippen molar-refractivity contribution in [2.45, 2.75) is 19.1 Å². The van der Waals surface area contributed by atoms with Crippen molar-refractivity contribution >= 4 is 0 Å². The van der Waals surface area contributed by atoms with Crippen molar-refractivity contribution in [2.24, 2.45) is 0 Å². The van der Waals surface area contributed by atoms with Crippen molar-refractivity contribution in [3.63, 3.8) is 0 Å². The molecule has 3 heterocycles. The molecule has 1 aliphatic rings. The molecule has 5 nitrogen and oxygen atoms in total. The molecule has 0 fully saturated rings. The average molecular weight is 361 g/mol. The minimum Gasteiger partial charge on any atom is -0.484 e. The summed E-state index contributed by atoms with van der Waals surface area (Å²) in [5, 5.41) is 0. The van der Waals surface area contributed by atoms with Gasteiger partial charge in [-0.05, 0) is 42.4 Å². The highest BCUT2D eigenvalue weighted by Crippen LogP contribution is 2.33. The molecule has 0 unspecified atom stereocenters. The van der Waals surface area contributed by atoms with Crippen LogP contribution in [-0.4, -0.2) is 35.1 Å². The fourth-order valence-electron chi connectivity index (χ4n) is 3.15. The maximum Gasteiger partial charge on any atom is 0.257 e. The molecule has 5 heteroatoms. The van der Waals surface area contributed by atoms with E-state index < -0.39 is 0 Å². The lowest BCUT2D eigenvalue weighted by atomic mass is 10.1. The van der Waals surface area contributed by atoms with E-state index in [2.05, 4.69) is 52.2 Å². The first kappa shape index (κ1) is 17.5. The number of fused-ring (bicyclic) bond motifs is 1. The Balaban J connectivity index is 1.32. The van der Waals surface area contributed by atoms with E-state index in [1.807, 2.05) is 30.5 Å². The topological polar surface area (TPSA) is 47.5 Å². The Labute approximate surface area is 159 Å². The third kappa shape index (κ3) is 4.44. The Morgan fingerprint density at radius 3 is 2.67 bits per heavy atom. The summed E-state index contributed by atoms with van der Waals surface area (Å²) in [5.41, 5.74) is 3.51. The molecule has 3 aromatic rings. The molecule has 0 bridgehead atoms. The molecule has 2 aromatic heterocycles. The zero-order valence-electron chi connectivity index (χ0n) is 15.4. The Kier molecular flexibility index (Phi) is 5.30. The van der Waals surface area contributed by atoms with Crippen LogP contribution in [0, 0.1) is 0 Å². The van der Waals surface area contributed by atoms with E-state index in [0.717, 1.165) is 30.8 Å². The SMILES string of the molecule is CN(CCc1ccccn1)Cc1ccc([C@H]2COc3cccnc3O2)cc1. The smallest absolute Gasteiger partial charge is 0.257 e. The zero-order valence-corrected chi connectivity index (χ0v) is 15.4. The van der Waals surface area contributed by atoms with Crippen LogP contribution in [0.5, 0.6) is 11.6 Å². The van der Waals surface area contributed by atoms with Crippen LogP contribution >= 0.6 is 0 Å². The summed E-state index contributed by atoms with van der Waals surface area (Å²) in [5.74, 6) is 1.27. The van der Waals surface area contributed by atoms with Crippen molar-refractivity contribution < 1.29 is 9.47 Å². The molecule has 4 rings (SSSR count). The Bertz CT molecular complexity index is 868. The molecule has 27 heavy (non-hydrogen) atoms. The number of benzene rings is 1. The first-order chi connectivity index (χ1) is 13.3. The quantitative estimate of drug-likeness (QED) is 0.670. The Morgan fingerprint density at radius 2 is 1.85 bits per heavy atom. The number of hydrogen-bond acceptors (Lipinski definition) is 5. The molecule has 1 aliphatic heterocycles. The molecule has 0 amide bonds. The second-order valence-electron chi connectivity index (χ2n) is 6.77. The number of nitrogens with zero attached hydrogens (tertiary/aromatic N) is 3. The fourth-order valence-corrected chi connectivity index (χ4v) is 3.15. The van der Waals surface area contributed by atoms with Crippen molar-refractivity contribution in [3.8, 4) is 11.6 Å². The predicted octanol–water partition coefficient (Wildman–Crippen LogP) is 3.66. The highest BCUT2D eigenvalue weighted by molar-refractivity contribution is 5.35. The highest BCUT2D eigenvalue weighted by atomic mass is 16.6. The molecule has 0 N–H and O–H groups in total. The highest BCUT2D eigenvalue weighted by Gasteiger charge is 2.23. The first-order valence-electron chi connectivity index (χ1n) is 9.20. The van der Waals surface area contributed by atoms with Gasteiger partial charge in [-0.2, -0.15) is 0 Å². The molecule has 0 radical (unpaired) electrons. The first-order valence-corrected chi connectivity index (χ1v) is 9.20. The van der Waals surface area contributed by atoms with Crippen LogP contribution in [0.1, 0.15) is 22.9 Å². The van der Waals surface area contributed by atoms with Gasteiger partial charge in [0, 0.05) is 37.6 Å². The summed E-state index contributed by atoms with van der Waals surface area (Å²) >= 11 is 0.